The molecule has 29 heavy (non-hydrogen) atoms. The lowest BCUT2D eigenvalue weighted by Gasteiger charge is -2.29. The third-order valence-electron chi connectivity index (χ3n) is 5.96. The summed E-state index contributed by atoms with van der Waals surface area (Å²) in [7, 11) is 2.05. The van der Waals surface area contributed by atoms with Crippen LogP contribution in [0.1, 0.15) is 67.2 Å². The van der Waals surface area contributed by atoms with Crippen molar-refractivity contribution in [3.05, 3.63) is 34.8 Å². The number of rotatable bonds is 3. The topological polar surface area (TPSA) is 73.4 Å². The summed E-state index contributed by atoms with van der Waals surface area (Å²) < 4.78 is 9.92. The molecule has 156 valence electrons. The highest BCUT2D eigenvalue weighted by Gasteiger charge is 2.30. The molecule has 1 saturated heterocycles. The van der Waals surface area contributed by atoms with E-state index < -0.39 is 0 Å². The van der Waals surface area contributed by atoms with Crippen LogP contribution < -0.4 is 4.90 Å². The number of aryl methyl sites for hydroxylation is 2. The molecule has 0 saturated carbocycles. The number of hydrogen-bond donors (Lipinski definition) is 0. The van der Waals surface area contributed by atoms with Gasteiger partial charge in [0.25, 0.3) is 0 Å². The highest BCUT2D eigenvalue weighted by atomic mass is 35.5. The van der Waals surface area contributed by atoms with Crippen LogP contribution in [0.25, 0.3) is 5.52 Å². The quantitative estimate of drug-likeness (QED) is 0.651. The molecule has 5 rings (SSSR count). The van der Waals surface area contributed by atoms with E-state index in [0.29, 0.717) is 5.92 Å². The second kappa shape index (κ2) is 7.57. The maximum Gasteiger partial charge on any atom is 0.158 e. The van der Waals surface area contributed by atoms with E-state index in [1.165, 1.54) is 17.0 Å². The Morgan fingerprint density at radius 3 is 2.83 bits per heavy atom. The van der Waals surface area contributed by atoms with E-state index in [1.807, 2.05) is 11.4 Å². The molecule has 0 radical (unpaired) electrons. The Labute approximate surface area is 176 Å². The van der Waals surface area contributed by atoms with E-state index in [9.17, 15) is 0 Å². The average Bonchev–Trinajstić information content (AvgIpc) is 3.40. The van der Waals surface area contributed by atoms with Crippen molar-refractivity contribution in [1.29, 1.82) is 0 Å². The van der Waals surface area contributed by atoms with Crippen molar-refractivity contribution in [2.75, 3.05) is 18.1 Å². The molecule has 0 amide bonds. The summed E-state index contributed by atoms with van der Waals surface area (Å²) in [6.45, 7) is 8.94. The summed E-state index contributed by atoms with van der Waals surface area (Å²) >= 11 is 0. The molecule has 3 aromatic rings. The number of hydrogen-bond acceptors (Lipinski definition) is 6. The fraction of sp³-hybridized carbons (Fsp3) is 0.600. The van der Waals surface area contributed by atoms with Gasteiger partial charge in [0, 0.05) is 44.4 Å². The molecule has 1 atom stereocenters. The standard InChI is InChI=1S/C20H27N7O.ClH/c1-12(2)17-14-10-26(8-7-15(14)25(4)24-17)20-19-18(16-6-5-9-28-16)23-13(3)27(19)22-11-21-20;/h11-12,16H,5-10H2,1-4H3;1H. The molecule has 2 aliphatic rings. The van der Waals surface area contributed by atoms with Gasteiger partial charge in [0.2, 0.25) is 0 Å². The summed E-state index contributed by atoms with van der Waals surface area (Å²) in [5.41, 5.74) is 5.85. The van der Waals surface area contributed by atoms with Gasteiger partial charge in [-0.2, -0.15) is 10.2 Å². The smallest absolute Gasteiger partial charge is 0.158 e. The van der Waals surface area contributed by atoms with Gasteiger partial charge in [0.05, 0.1) is 5.69 Å². The van der Waals surface area contributed by atoms with Gasteiger partial charge in [-0.05, 0) is 25.7 Å². The Morgan fingerprint density at radius 1 is 1.28 bits per heavy atom. The Kier molecular flexibility index (Phi) is 5.25. The predicted octanol–water partition coefficient (Wildman–Crippen LogP) is 3.13. The molecule has 1 unspecified atom stereocenters. The maximum absolute atomic E-state index is 5.95. The highest BCUT2D eigenvalue weighted by Crippen LogP contribution is 2.36. The molecule has 2 aliphatic heterocycles. The van der Waals surface area contributed by atoms with Gasteiger partial charge in [-0.1, -0.05) is 13.8 Å². The number of ether oxygens (including phenoxy) is 1. The largest absolute Gasteiger partial charge is 0.372 e. The van der Waals surface area contributed by atoms with Crippen LogP contribution in [0.3, 0.4) is 0 Å². The molecule has 0 spiro atoms. The van der Waals surface area contributed by atoms with E-state index in [1.54, 1.807) is 6.33 Å². The monoisotopic (exact) mass is 417 g/mol. The van der Waals surface area contributed by atoms with Crippen LogP contribution in [0.15, 0.2) is 6.33 Å². The normalized spacial score (nSPS) is 19.1. The minimum atomic E-state index is 0. The van der Waals surface area contributed by atoms with E-state index in [2.05, 4.69) is 35.6 Å². The molecular weight excluding hydrogens is 390 g/mol. The Balaban J connectivity index is 0.00000205. The van der Waals surface area contributed by atoms with Crippen molar-refractivity contribution in [3.63, 3.8) is 0 Å². The molecule has 0 aliphatic carbocycles. The Morgan fingerprint density at radius 2 is 2.10 bits per heavy atom. The first-order chi connectivity index (χ1) is 13.5. The Hall–Kier alpha value is -2.19. The third-order valence-corrected chi connectivity index (χ3v) is 5.96. The highest BCUT2D eigenvalue weighted by molar-refractivity contribution is 5.85. The lowest BCUT2D eigenvalue weighted by Crippen LogP contribution is -2.32. The zero-order chi connectivity index (χ0) is 19.4. The van der Waals surface area contributed by atoms with Crippen LogP contribution in [-0.2, 0) is 24.8 Å². The summed E-state index contributed by atoms with van der Waals surface area (Å²) in [5.74, 6) is 2.23. The van der Waals surface area contributed by atoms with E-state index in [0.717, 1.165) is 61.8 Å². The predicted molar refractivity (Wildman–Crippen MR) is 113 cm³/mol. The van der Waals surface area contributed by atoms with Crippen LogP contribution in [-0.4, -0.2) is 42.5 Å². The number of anilines is 1. The van der Waals surface area contributed by atoms with Crippen molar-refractivity contribution in [2.45, 2.75) is 58.6 Å². The van der Waals surface area contributed by atoms with Gasteiger partial charge in [-0.3, -0.25) is 4.68 Å². The van der Waals surface area contributed by atoms with Crippen molar-refractivity contribution in [2.24, 2.45) is 7.05 Å². The van der Waals surface area contributed by atoms with Gasteiger partial charge < -0.3 is 9.64 Å². The fourth-order valence-electron chi connectivity index (χ4n) is 4.60. The fourth-order valence-corrected chi connectivity index (χ4v) is 4.60. The number of aromatic nitrogens is 6. The number of nitrogens with zero attached hydrogens (tertiary/aromatic N) is 7. The molecule has 5 heterocycles. The number of imidazole rings is 1. The first-order valence-corrected chi connectivity index (χ1v) is 10.2. The maximum atomic E-state index is 5.95. The second-order valence-electron chi connectivity index (χ2n) is 8.15. The summed E-state index contributed by atoms with van der Waals surface area (Å²) in [6, 6.07) is 0. The Bertz CT molecular complexity index is 1040. The molecule has 3 aromatic heterocycles. The van der Waals surface area contributed by atoms with Crippen molar-refractivity contribution >= 4 is 23.7 Å². The first-order valence-electron chi connectivity index (χ1n) is 10.2. The molecule has 0 bridgehead atoms. The zero-order valence-electron chi connectivity index (χ0n) is 17.4. The SMILES string of the molecule is Cc1nc(C2CCCO2)c2c(N3CCc4c(c(C(C)C)nn4C)C3)ncnn12.Cl. The van der Waals surface area contributed by atoms with Crippen LogP contribution in [0.5, 0.6) is 0 Å². The van der Waals surface area contributed by atoms with Gasteiger partial charge in [-0.15, -0.1) is 12.4 Å². The first kappa shape index (κ1) is 20.1. The summed E-state index contributed by atoms with van der Waals surface area (Å²) in [6.07, 6.45) is 4.72. The van der Waals surface area contributed by atoms with Crippen molar-refractivity contribution < 1.29 is 4.74 Å². The lowest BCUT2D eigenvalue weighted by atomic mass is 9.99. The molecule has 8 nitrogen and oxygen atoms in total. The average molecular weight is 418 g/mol. The van der Waals surface area contributed by atoms with Gasteiger partial charge in [0.15, 0.2) is 5.82 Å². The van der Waals surface area contributed by atoms with Crippen molar-refractivity contribution in [3.8, 4) is 0 Å². The van der Waals surface area contributed by atoms with Gasteiger partial charge in [-0.25, -0.2) is 14.5 Å². The second-order valence-corrected chi connectivity index (χ2v) is 8.15. The zero-order valence-corrected chi connectivity index (χ0v) is 18.2. The summed E-state index contributed by atoms with van der Waals surface area (Å²) in [5, 5.41) is 9.25. The van der Waals surface area contributed by atoms with E-state index in [-0.39, 0.29) is 18.5 Å². The molecule has 0 aromatic carbocycles. The number of halogens is 1. The molecule has 9 heteroatoms. The van der Waals surface area contributed by atoms with Crippen LogP contribution in [0, 0.1) is 6.92 Å². The van der Waals surface area contributed by atoms with Crippen LogP contribution in [0.2, 0.25) is 0 Å². The lowest BCUT2D eigenvalue weighted by molar-refractivity contribution is 0.110. The van der Waals surface area contributed by atoms with Gasteiger partial charge in [0.1, 0.15) is 29.5 Å². The van der Waals surface area contributed by atoms with Crippen LogP contribution in [0.4, 0.5) is 5.82 Å². The minimum absolute atomic E-state index is 0. The molecule has 1 fully saturated rings. The minimum Gasteiger partial charge on any atom is -0.372 e. The molecule has 0 N–H and O–H groups in total. The summed E-state index contributed by atoms with van der Waals surface area (Å²) in [4.78, 5) is 11.9. The van der Waals surface area contributed by atoms with Crippen molar-refractivity contribution in [1.82, 2.24) is 29.4 Å². The molecular formula is C20H28ClN7O. The third kappa shape index (κ3) is 3.18. The van der Waals surface area contributed by atoms with Gasteiger partial charge >= 0.3 is 0 Å². The van der Waals surface area contributed by atoms with E-state index >= 15 is 0 Å². The van der Waals surface area contributed by atoms with E-state index in [4.69, 9.17) is 19.8 Å². The number of fused-ring (bicyclic) bond motifs is 2. The van der Waals surface area contributed by atoms with Crippen LogP contribution >= 0.6 is 12.4 Å².